The van der Waals surface area contributed by atoms with E-state index in [1.165, 1.54) is 19.2 Å². The normalized spacial score (nSPS) is 11.7. The molecule has 0 bridgehead atoms. The summed E-state index contributed by atoms with van der Waals surface area (Å²) in [5.74, 6) is 0.616. The Labute approximate surface area is 141 Å². The van der Waals surface area contributed by atoms with Crippen molar-refractivity contribution < 1.29 is 13.2 Å². The van der Waals surface area contributed by atoms with Crippen molar-refractivity contribution in [2.24, 2.45) is 0 Å². The summed E-state index contributed by atoms with van der Waals surface area (Å²) in [5.41, 5.74) is 1.67. The van der Waals surface area contributed by atoms with Gasteiger partial charge in [-0.3, -0.25) is 4.68 Å². The van der Waals surface area contributed by atoms with Crippen LogP contribution in [0.5, 0.6) is 5.75 Å². The van der Waals surface area contributed by atoms with E-state index in [-0.39, 0.29) is 4.90 Å². The van der Waals surface area contributed by atoms with Crippen LogP contribution in [0.15, 0.2) is 29.2 Å². The molecule has 0 aliphatic heterocycles. The monoisotopic (exact) mass is 357 g/mol. The Hall–Kier alpha value is -1.57. The van der Waals surface area contributed by atoms with Crippen LogP contribution in [0.4, 0.5) is 0 Å². The van der Waals surface area contributed by atoms with Gasteiger partial charge in [-0.05, 0) is 44.5 Å². The molecule has 0 aliphatic rings. The Bertz CT molecular complexity index is 770. The third-order valence-electron chi connectivity index (χ3n) is 3.50. The van der Waals surface area contributed by atoms with E-state index in [0.29, 0.717) is 30.3 Å². The van der Waals surface area contributed by atoms with Gasteiger partial charge >= 0.3 is 0 Å². The number of sulfonamides is 1. The number of aromatic nitrogens is 2. The average Bonchev–Trinajstić information content (AvgIpc) is 2.79. The molecule has 0 spiro atoms. The number of hydrogen-bond acceptors (Lipinski definition) is 4. The number of halogens is 1. The molecule has 8 heteroatoms. The van der Waals surface area contributed by atoms with Gasteiger partial charge in [0.2, 0.25) is 10.0 Å². The van der Waals surface area contributed by atoms with Gasteiger partial charge in [0.05, 0.1) is 28.4 Å². The first-order valence-corrected chi connectivity index (χ1v) is 9.04. The van der Waals surface area contributed by atoms with Crippen LogP contribution in [0, 0.1) is 13.8 Å². The number of hydrogen-bond donors (Lipinski definition) is 1. The van der Waals surface area contributed by atoms with Gasteiger partial charge < -0.3 is 4.74 Å². The lowest BCUT2D eigenvalue weighted by Gasteiger charge is -2.08. The van der Waals surface area contributed by atoms with Crippen LogP contribution in [0.2, 0.25) is 5.02 Å². The fourth-order valence-electron chi connectivity index (χ4n) is 2.17. The van der Waals surface area contributed by atoms with Crippen LogP contribution in [-0.4, -0.2) is 31.9 Å². The summed E-state index contributed by atoms with van der Waals surface area (Å²) in [6, 6.07) is 6.27. The van der Waals surface area contributed by atoms with Gasteiger partial charge in [-0.25, -0.2) is 13.1 Å². The minimum absolute atomic E-state index is 0.215. The molecule has 1 heterocycles. The lowest BCUT2D eigenvalue weighted by Crippen LogP contribution is -2.25. The first-order valence-electron chi connectivity index (χ1n) is 7.18. The quantitative estimate of drug-likeness (QED) is 0.773. The third kappa shape index (κ3) is 4.25. The molecule has 0 saturated heterocycles. The summed E-state index contributed by atoms with van der Waals surface area (Å²) in [5, 5.41) is 4.97. The van der Waals surface area contributed by atoms with Crippen LogP contribution in [0.1, 0.15) is 17.8 Å². The summed E-state index contributed by atoms with van der Waals surface area (Å²) in [6.07, 6.45) is 0.619. The maximum atomic E-state index is 12.2. The van der Waals surface area contributed by atoms with Crippen molar-refractivity contribution in [3.63, 3.8) is 0 Å². The maximum Gasteiger partial charge on any atom is 0.240 e. The van der Waals surface area contributed by atoms with Crippen molar-refractivity contribution in [1.82, 2.24) is 14.5 Å². The lowest BCUT2D eigenvalue weighted by atomic mass is 10.3. The SMILES string of the molecule is COc1ccc(S(=O)(=O)NCCCn2nc(C)c(Cl)c2C)cc1. The highest BCUT2D eigenvalue weighted by molar-refractivity contribution is 7.89. The first kappa shape index (κ1) is 17.8. The summed E-state index contributed by atoms with van der Waals surface area (Å²) < 4.78 is 33.7. The molecule has 126 valence electrons. The number of aryl methyl sites for hydroxylation is 2. The van der Waals surface area contributed by atoms with E-state index < -0.39 is 10.0 Å². The first-order chi connectivity index (χ1) is 10.8. The van der Waals surface area contributed by atoms with Crippen LogP contribution in [0.3, 0.4) is 0 Å². The smallest absolute Gasteiger partial charge is 0.240 e. The highest BCUT2D eigenvalue weighted by Crippen LogP contribution is 2.19. The summed E-state index contributed by atoms with van der Waals surface area (Å²) in [4.78, 5) is 0.215. The van der Waals surface area contributed by atoms with E-state index in [9.17, 15) is 8.42 Å². The van der Waals surface area contributed by atoms with E-state index in [1.54, 1.807) is 16.8 Å². The second-order valence-electron chi connectivity index (χ2n) is 5.13. The van der Waals surface area contributed by atoms with E-state index in [2.05, 4.69) is 9.82 Å². The molecule has 0 unspecified atom stereocenters. The molecule has 0 aliphatic carbocycles. The molecule has 2 aromatic rings. The second-order valence-corrected chi connectivity index (χ2v) is 7.28. The fraction of sp³-hybridized carbons (Fsp3) is 0.400. The molecule has 0 amide bonds. The molecule has 23 heavy (non-hydrogen) atoms. The van der Waals surface area contributed by atoms with Crippen LogP contribution < -0.4 is 9.46 Å². The van der Waals surface area contributed by atoms with Gasteiger partial charge in [0.1, 0.15) is 5.75 Å². The van der Waals surface area contributed by atoms with Crippen molar-refractivity contribution in [2.45, 2.75) is 31.7 Å². The van der Waals surface area contributed by atoms with E-state index in [4.69, 9.17) is 16.3 Å². The Morgan fingerprint density at radius 2 is 1.91 bits per heavy atom. The standard InChI is InChI=1S/C15H20ClN3O3S/c1-11-15(16)12(2)19(18-11)10-4-9-17-23(20,21)14-7-5-13(22-3)6-8-14/h5-8,17H,4,9-10H2,1-3H3. The van der Waals surface area contributed by atoms with Gasteiger partial charge in [0, 0.05) is 13.1 Å². The lowest BCUT2D eigenvalue weighted by molar-refractivity contribution is 0.414. The zero-order valence-corrected chi connectivity index (χ0v) is 14.9. The van der Waals surface area contributed by atoms with Crippen LogP contribution in [-0.2, 0) is 16.6 Å². The van der Waals surface area contributed by atoms with Crippen molar-refractivity contribution in [1.29, 1.82) is 0 Å². The largest absolute Gasteiger partial charge is 0.497 e. The number of rotatable bonds is 7. The van der Waals surface area contributed by atoms with Crippen molar-refractivity contribution in [2.75, 3.05) is 13.7 Å². The van der Waals surface area contributed by atoms with Gasteiger partial charge in [0.25, 0.3) is 0 Å². The van der Waals surface area contributed by atoms with Gasteiger partial charge in [-0.15, -0.1) is 0 Å². The van der Waals surface area contributed by atoms with Gasteiger partial charge in [0.15, 0.2) is 0 Å². The maximum absolute atomic E-state index is 12.2. The van der Waals surface area contributed by atoms with Crippen LogP contribution in [0.25, 0.3) is 0 Å². The summed E-state index contributed by atoms with van der Waals surface area (Å²) in [7, 11) is -1.98. The zero-order chi connectivity index (χ0) is 17.0. The van der Waals surface area contributed by atoms with Gasteiger partial charge in [-0.1, -0.05) is 11.6 Å². The summed E-state index contributed by atoms with van der Waals surface area (Å²) >= 11 is 6.08. The van der Waals surface area contributed by atoms with Crippen molar-refractivity contribution in [3.05, 3.63) is 40.7 Å². The molecular formula is C15H20ClN3O3S. The number of methoxy groups -OCH3 is 1. The van der Waals surface area contributed by atoms with E-state index >= 15 is 0 Å². The van der Waals surface area contributed by atoms with Crippen LogP contribution >= 0.6 is 11.6 Å². The minimum Gasteiger partial charge on any atom is -0.497 e. The zero-order valence-electron chi connectivity index (χ0n) is 13.3. The summed E-state index contributed by atoms with van der Waals surface area (Å²) in [6.45, 7) is 4.66. The predicted molar refractivity (Wildman–Crippen MR) is 89.5 cm³/mol. The molecule has 1 aromatic heterocycles. The molecule has 2 rings (SSSR count). The predicted octanol–water partition coefficient (Wildman–Crippen LogP) is 2.53. The number of nitrogens with one attached hydrogen (secondary N) is 1. The topological polar surface area (TPSA) is 73.2 Å². The van der Waals surface area contributed by atoms with E-state index in [1.807, 2.05) is 13.8 Å². The molecule has 0 fully saturated rings. The van der Waals surface area contributed by atoms with E-state index in [0.717, 1.165) is 11.4 Å². The Kier molecular flexibility index (Phi) is 5.67. The highest BCUT2D eigenvalue weighted by atomic mass is 35.5. The number of nitrogens with zero attached hydrogens (tertiary/aromatic N) is 2. The molecule has 6 nitrogen and oxygen atoms in total. The Morgan fingerprint density at radius 3 is 2.43 bits per heavy atom. The third-order valence-corrected chi connectivity index (χ3v) is 5.53. The number of benzene rings is 1. The Balaban J connectivity index is 1.90. The average molecular weight is 358 g/mol. The minimum atomic E-state index is -3.51. The Morgan fingerprint density at radius 1 is 1.26 bits per heavy atom. The molecule has 1 aromatic carbocycles. The highest BCUT2D eigenvalue weighted by Gasteiger charge is 2.14. The molecule has 1 N–H and O–H groups in total. The molecule has 0 atom stereocenters. The van der Waals surface area contributed by atoms with Gasteiger partial charge in [-0.2, -0.15) is 5.10 Å². The molecular weight excluding hydrogens is 338 g/mol. The van der Waals surface area contributed by atoms with Crippen molar-refractivity contribution >= 4 is 21.6 Å². The molecule has 0 radical (unpaired) electrons. The fourth-order valence-corrected chi connectivity index (χ4v) is 3.38. The molecule has 0 saturated carbocycles. The van der Waals surface area contributed by atoms with Crippen molar-refractivity contribution in [3.8, 4) is 5.75 Å². The second kappa shape index (κ2) is 7.33. The number of ether oxygens (including phenoxy) is 1.